The fourth-order valence-electron chi connectivity index (χ4n) is 3.09. The largest absolute Gasteiger partial charge is 0.482 e. The number of carboxylic acid groups (broad SMARTS) is 1. The molecule has 0 radical (unpaired) electrons. The number of aliphatic carboxylic acids is 1. The van der Waals surface area contributed by atoms with Crippen molar-refractivity contribution in [3.63, 3.8) is 0 Å². The van der Waals surface area contributed by atoms with Crippen molar-refractivity contribution in [1.82, 2.24) is 0 Å². The zero-order valence-electron chi connectivity index (χ0n) is 16.8. The van der Waals surface area contributed by atoms with Gasteiger partial charge < -0.3 is 9.84 Å². The van der Waals surface area contributed by atoms with Crippen molar-refractivity contribution in [1.29, 1.82) is 0 Å². The van der Waals surface area contributed by atoms with E-state index in [4.69, 9.17) is 9.84 Å². The number of allylic oxidation sites excluding steroid dienone is 1. The molecular weight excluding hydrogens is 405 g/mol. The van der Waals surface area contributed by atoms with Crippen molar-refractivity contribution >= 4 is 12.0 Å². The van der Waals surface area contributed by atoms with Crippen LogP contribution < -0.4 is 4.74 Å². The van der Waals surface area contributed by atoms with E-state index in [1.54, 1.807) is 6.07 Å². The Kier molecular flexibility index (Phi) is 6.80. The van der Waals surface area contributed by atoms with Gasteiger partial charge in [-0.1, -0.05) is 54.6 Å². The first-order valence-corrected chi connectivity index (χ1v) is 9.61. The first kappa shape index (κ1) is 22.2. The fourth-order valence-corrected chi connectivity index (χ4v) is 3.09. The smallest absolute Gasteiger partial charge is 0.416 e. The monoisotopic (exact) mass is 426 g/mol. The highest BCUT2D eigenvalue weighted by atomic mass is 19.4. The Bertz CT molecular complexity index is 1070. The van der Waals surface area contributed by atoms with E-state index in [0.29, 0.717) is 12.2 Å². The average Bonchev–Trinajstić information content (AvgIpc) is 2.73. The van der Waals surface area contributed by atoms with Crippen LogP contribution in [0.3, 0.4) is 0 Å². The molecule has 0 aliphatic carbocycles. The molecule has 3 nitrogen and oxygen atoms in total. The molecule has 3 rings (SSSR count). The third-order valence-corrected chi connectivity index (χ3v) is 4.71. The normalized spacial score (nSPS) is 11.6. The zero-order chi connectivity index (χ0) is 22.4. The molecule has 1 N–H and O–H groups in total. The highest BCUT2D eigenvalue weighted by Gasteiger charge is 2.29. The number of benzene rings is 3. The van der Waals surface area contributed by atoms with Crippen LogP contribution in [0.4, 0.5) is 13.2 Å². The Balaban J connectivity index is 1.61. The minimum absolute atomic E-state index is 0.376. The molecule has 0 saturated heterocycles. The highest BCUT2D eigenvalue weighted by Crippen LogP contribution is 2.31. The van der Waals surface area contributed by atoms with Crippen molar-refractivity contribution in [3.8, 4) is 16.9 Å². The minimum Gasteiger partial charge on any atom is -0.482 e. The van der Waals surface area contributed by atoms with Crippen LogP contribution in [0.15, 0.2) is 72.8 Å². The molecule has 0 heterocycles. The van der Waals surface area contributed by atoms with Crippen molar-refractivity contribution in [2.75, 3.05) is 6.61 Å². The second-order valence-corrected chi connectivity index (χ2v) is 7.09. The maximum absolute atomic E-state index is 12.7. The molecule has 31 heavy (non-hydrogen) atoms. The summed E-state index contributed by atoms with van der Waals surface area (Å²) in [5.41, 5.74) is 3.83. The van der Waals surface area contributed by atoms with Crippen molar-refractivity contribution in [2.45, 2.75) is 19.5 Å². The summed E-state index contributed by atoms with van der Waals surface area (Å²) in [6, 6.07) is 18.3. The van der Waals surface area contributed by atoms with Crippen LogP contribution in [0.1, 0.15) is 22.3 Å². The zero-order valence-corrected chi connectivity index (χ0v) is 16.8. The molecule has 3 aromatic rings. The van der Waals surface area contributed by atoms with Gasteiger partial charge in [0.25, 0.3) is 0 Å². The lowest BCUT2D eigenvalue weighted by molar-refractivity contribution is -0.139. The van der Waals surface area contributed by atoms with E-state index in [9.17, 15) is 18.0 Å². The number of carboxylic acids is 1. The Morgan fingerprint density at radius 1 is 0.968 bits per heavy atom. The Morgan fingerprint density at radius 3 is 2.13 bits per heavy atom. The number of rotatable bonds is 7. The Morgan fingerprint density at radius 2 is 1.58 bits per heavy atom. The van der Waals surface area contributed by atoms with E-state index in [1.165, 1.54) is 12.1 Å². The maximum atomic E-state index is 12.7. The lowest BCUT2D eigenvalue weighted by atomic mass is 10.0. The maximum Gasteiger partial charge on any atom is 0.416 e. The van der Waals surface area contributed by atoms with Crippen molar-refractivity contribution in [2.24, 2.45) is 0 Å². The van der Waals surface area contributed by atoms with Gasteiger partial charge in [0.15, 0.2) is 6.61 Å². The molecule has 0 bridgehead atoms. The first-order valence-electron chi connectivity index (χ1n) is 9.61. The molecule has 0 spiro atoms. The molecule has 0 atom stereocenters. The van der Waals surface area contributed by atoms with Crippen LogP contribution in [0.2, 0.25) is 0 Å². The molecule has 0 saturated carbocycles. The Hall–Kier alpha value is -3.54. The van der Waals surface area contributed by atoms with E-state index in [-0.39, 0.29) is 6.61 Å². The second kappa shape index (κ2) is 9.51. The van der Waals surface area contributed by atoms with Crippen molar-refractivity contribution < 1.29 is 27.8 Å². The molecule has 0 aromatic heterocycles. The van der Waals surface area contributed by atoms with Gasteiger partial charge in [-0.2, -0.15) is 13.2 Å². The number of hydrogen-bond acceptors (Lipinski definition) is 2. The van der Waals surface area contributed by atoms with Gasteiger partial charge in [0.2, 0.25) is 0 Å². The molecule has 0 fully saturated rings. The summed E-state index contributed by atoms with van der Waals surface area (Å²) >= 11 is 0. The predicted molar refractivity (Wildman–Crippen MR) is 114 cm³/mol. The van der Waals surface area contributed by atoms with Gasteiger partial charge in [0.1, 0.15) is 5.75 Å². The molecule has 0 amide bonds. The standard InChI is InChI=1S/C25H21F3O3/c1-17-15-19(7-14-23(17)31-16-24(29)30)4-2-3-18-5-8-20(9-6-18)21-10-12-22(13-11-21)25(26,27)28/h2,4-15H,3,16H2,1H3,(H,29,30)/b4-2+. The molecule has 6 heteroatoms. The second-order valence-electron chi connectivity index (χ2n) is 7.09. The Labute approximate surface area is 178 Å². The van der Waals surface area contributed by atoms with Gasteiger partial charge in [-0.15, -0.1) is 0 Å². The van der Waals surface area contributed by atoms with Crippen LogP contribution in [-0.4, -0.2) is 17.7 Å². The summed E-state index contributed by atoms with van der Waals surface area (Å²) in [6.45, 7) is 1.48. The van der Waals surface area contributed by atoms with Crippen LogP contribution in [0.25, 0.3) is 17.2 Å². The molecule has 0 aliphatic rings. The minimum atomic E-state index is -4.33. The molecule has 0 unspecified atom stereocenters. The van der Waals surface area contributed by atoms with Crippen LogP contribution >= 0.6 is 0 Å². The van der Waals surface area contributed by atoms with E-state index in [0.717, 1.165) is 39.9 Å². The fraction of sp³-hybridized carbons (Fsp3) is 0.160. The number of alkyl halides is 3. The van der Waals surface area contributed by atoms with Gasteiger partial charge >= 0.3 is 12.1 Å². The lowest BCUT2D eigenvalue weighted by Crippen LogP contribution is -2.10. The van der Waals surface area contributed by atoms with Crippen LogP contribution in [0.5, 0.6) is 5.75 Å². The van der Waals surface area contributed by atoms with Crippen molar-refractivity contribution in [3.05, 3.63) is 95.1 Å². The average molecular weight is 426 g/mol. The third-order valence-electron chi connectivity index (χ3n) is 4.71. The van der Waals surface area contributed by atoms with Crippen LogP contribution in [-0.2, 0) is 17.4 Å². The lowest BCUT2D eigenvalue weighted by Gasteiger charge is -2.08. The number of hydrogen-bond donors (Lipinski definition) is 1. The molecular formula is C25H21F3O3. The van der Waals surface area contributed by atoms with E-state index in [2.05, 4.69) is 0 Å². The number of halogens is 3. The number of carbonyl (C=O) groups is 1. The van der Waals surface area contributed by atoms with E-state index >= 15 is 0 Å². The third kappa shape index (κ3) is 6.22. The summed E-state index contributed by atoms with van der Waals surface area (Å²) < 4.78 is 43.3. The quantitative estimate of drug-likeness (QED) is 0.476. The number of ether oxygens (including phenoxy) is 1. The molecule has 3 aromatic carbocycles. The summed E-state index contributed by atoms with van der Waals surface area (Å²) in [7, 11) is 0. The van der Waals surface area contributed by atoms with Gasteiger partial charge in [-0.05, 0) is 65.4 Å². The highest BCUT2D eigenvalue weighted by molar-refractivity contribution is 5.68. The summed E-state index contributed by atoms with van der Waals surface area (Å²) in [5, 5.41) is 8.69. The molecule has 160 valence electrons. The van der Waals surface area contributed by atoms with Crippen LogP contribution in [0, 0.1) is 6.92 Å². The topological polar surface area (TPSA) is 46.5 Å². The van der Waals surface area contributed by atoms with E-state index < -0.39 is 17.7 Å². The first-order chi connectivity index (χ1) is 14.7. The van der Waals surface area contributed by atoms with E-state index in [1.807, 2.05) is 55.5 Å². The van der Waals surface area contributed by atoms with Gasteiger partial charge in [-0.3, -0.25) is 0 Å². The summed E-state index contributed by atoms with van der Waals surface area (Å²) in [5.74, 6) is -0.480. The van der Waals surface area contributed by atoms with Gasteiger partial charge in [0, 0.05) is 0 Å². The van der Waals surface area contributed by atoms with Gasteiger partial charge in [0.05, 0.1) is 5.56 Å². The predicted octanol–water partition coefficient (Wildman–Crippen LogP) is 6.40. The van der Waals surface area contributed by atoms with Gasteiger partial charge in [-0.25, -0.2) is 4.79 Å². The summed E-state index contributed by atoms with van der Waals surface area (Å²) in [4.78, 5) is 10.6. The number of aryl methyl sites for hydroxylation is 1. The summed E-state index contributed by atoms with van der Waals surface area (Å²) in [6.07, 6.45) is 0.347. The SMILES string of the molecule is Cc1cc(/C=C/Cc2ccc(-c3ccc(C(F)(F)F)cc3)cc2)ccc1OCC(=O)O. The molecule has 0 aliphatic heterocycles.